The zero-order chi connectivity index (χ0) is 26.3. The zero-order valence-electron chi connectivity index (χ0n) is 22.5. The van der Waals surface area contributed by atoms with Gasteiger partial charge >= 0.3 is 5.97 Å². The van der Waals surface area contributed by atoms with Crippen molar-refractivity contribution in [2.75, 3.05) is 19.7 Å². The number of aldehydes is 1. The summed E-state index contributed by atoms with van der Waals surface area (Å²) >= 11 is 6.22. The highest BCUT2D eigenvalue weighted by Gasteiger charge is 2.84. The molecule has 5 unspecified atom stereocenters. The molecule has 37 heavy (non-hydrogen) atoms. The van der Waals surface area contributed by atoms with Crippen LogP contribution in [0.3, 0.4) is 0 Å². The summed E-state index contributed by atoms with van der Waals surface area (Å²) in [6.45, 7) is 11.9. The van der Waals surface area contributed by atoms with E-state index in [1.54, 1.807) is 0 Å². The van der Waals surface area contributed by atoms with Crippen LogP contribution < -0.4 is 0 Å². The number of rotatable bonds is 8. The predicted octanol–water partition coefficient (Wildman–Crippen LogP) is 5.26. The number of carboxylic acid groups (broad SMARTS) is 1. The Balaban J connectivity index is 1.37. The Morgan fingerprint density at radius 3 is 2.78 bits per heavy atom. The van der Waals surface area contributed by atoms with Gasteiger partial charge < -0.3 is 19.4 Å². The Morgan fingerprint density at radius 2 is 2.11 bits per heavy atom. The van der Waals surface area contributed by atoms with E-state index in [0.29, 0.717) is 49.0 Å². The summed E-state index contributed by atoms with van der Waals surface area (Å²) in [6.07, 6.45) is 9.61. The van der Waals surface area contributed by atoms with Gasteiger partial charge in [0.2, 0.25) is 0 Å². The summed E-state index contributed by atoms with van der Waals surface area (Å²) in [5, 5.41) is 11.8. The lowest BCUT2D eigenvalue weighted by Crippen LogP contribution is -2.64. The molecule has 5 aliphatic carbocycles. The van der Waals surface area contributed by atoms with E-state index in [9.17, 15) is 14.7 Å². The molecule has 6 nitrogen and oxygen atoms in total. The Morgan fingerprint density at radius 1 is 1.32 bits per heavy atom. The molecule has 1 saturated heterocycles. The van der Waals surface area contributed by atoms with E-state index in [0.717, 1.165) is 50.4 Å². The van der Waals surface area contributed by atoms with Gasteiger partial charge in [-0.3, -0.25) is 9.69 Å². The van der Waals surface area contributed by atoms with E-state index in [1.807, 2.05) is 0 Å². The standard InChI is InChI=1S/C30H42ClNO5/c1-17(2)23-10-20-11-28(15-33)22-9-8-18(3)21(22)12-29(20,30(23,28)27(34)35)16-36-26-14-32(13-19(4)31)24-6-5-7-25(24)37-26/h10,15,17-18,20-22,24-26H,4-9,11-14,16H2,1-3H3,(H,34,35)/t18-,20?,21-,22-,24?,25?,26-,28?,29?,30+/m1/s1. The minimum atomic E-state index is -1.21. The predicted molar refractivity (Wildman–Crippen MR) is 141 cm³/mol. The molecular formula is C30H42ClNO5. The van der Waals surface area contributed by atoms with Gasteiger partial charge in [-0.25, -0.2) is 0 Å². The second-order valence-corrected chi connectivity index (χ2v) is 13.9. The molecule has 6 rings (SSSR count). The topological polar surface area (TPSA) is 76.1 Å². The number of halogens is 1. The lowest BCUT2D eigenvalue weighted by molar-refractivity contribution is -0.245. The Hall–Kier alpha value is -1.21. The average Bonchev–Trinajstić information content (AvgIpc) is 3.57. The smallest absolute Gasteiger partial charge is 0.315 e. The summed E-state index contributed by atoms with van der Waals surface area (Å²) in [7, 11) is 0. The molecule has 7 heteroatoms. The van der Waals surface area contributed by atoms with Crippen LogP contribution in [0, 0.1) is 45.8 Å². The highest BCUT2D eigenvalue weighted by molar-refractivity contribution is 6.29. The van der Waals surface area contributed by atoms with E-state index >= 15 is 0 Å². The van der Waals surface area contributed by atoms with E-state index < -0.39 is 28.5 Å². The van der Waals surface area contributed by atoms with Crippen LogP contribution in [0.5, 0.6) is 0 Å². The highest BCUT2D eigenvalue weighted by atomic mass is 35.5. The number of nitrogens with zero attached hydrogens (tertiary/aromatic N) is 1. The van der Waals surface area contributed by atoms with Gasteiger partial charge in [-0.1, -0.05) is 57.0 Å². The van der Waals surface area contributed by atoms with Gasteiger partial charge in [0.05, 0.1) is 24.7 Å². The molecule has 6 aliphatic rings. The third-order valence-electron chi connectivity index (χ3n) is 11.6. The van der Waals surface area contributed by atoms with Crippen LogP contribution in [0.4, 0.5) is 0 Å². The number of aliphatic carboxylic acids is 1. The van der Waals surface area contributed by atoms with Crippen LogP contribution in [-0.2, 0) is 19.1 Å². The Kier molecular flexibility index (Phi) is 6.27. The van der Waals surface area contributed by atoms with E-state index in [4.69, 9.17) is 21.1 Å². The molecular weight excluding hydrogens is 490 g/mol. The molecule has 0 amide bonds. The van der Waals surface area contributed by atoms with E-state index in [2.05, 4.69) is 38.3 Å². The number of fused-ring (bicyclic) bond motifs is 3. The van der Waals surface area contributed by atoms with Crippen LogP contribution >= 0.6 is 11.6 Å². The molecule has 0 radical (unpaired) electrons. The van der Waals surface area contributed by atoms with Crippen LogP contribution in [0.2, 0.25) is 0 Å². The molecule has 204 valence electrons. The fourth-order valence-electron chi connectivity index (χ4n) is 10.4. The lowest BCUT2D eigenvalue weighted by atomic mass is 9.43. The van der Waals surface area contributed by atoms with Crippen LogP contribution in [-0.4, -0.2) is 60.4 Å². The van der Waals surface area contributed by atoms with Crippen molar-refractivity contribution >= 4 is 23.9 Å². The summed E-state index contributed by atoms with van der Waals surface area (Å²) in [6, 6.07) is 0.327. The van der Waals surface area contributed by atoms with Crippen LogP contribution in [0.1, 0.15) is 65.7 Å². The molecule has 0 aromatic carbocycles. The maximum Gasteiger partial charge on any atom is 0.315 e. The molecule has 0 aromatic heterocycles. The summed E-state index contributed by atoms with van der Waals surface area (Å²) in [5.41, 5.74) is -1.75. The van der Waals surface area contributed by atoms with Gasteiger partial charge in [-0.15, -0.1) is 0 Å². The quantitative estimate of drug-likeness (QED) is 0.340. The van der Waals surface area contributed by atoms with E-state index in [1.165, 1.54) is 0 Å². The van der Waals surface area contributed by atoms with Crippen LogP contribution in [0.15, 0.2) is 23.3 Å². The largest absolute Gasteiger partial charge is 0.481 e. The molecule has 0 aromatic rings. The first-order valence-electron chi connectivity index (χ1n) is 14.4. The third kappa shape index (κ3) is 3.28. The van der Waals surface area contributed by atoms with Gasteiger partial charge in [-0.2, -0.15) is 0 Å². The number of allylic oxidation sites excluding steroid dienone is 1. The van der Waals surface area contributed by atoms with Gasteiger partial charge in [-0.05, 0) is 68.1 Å². The average molecular weight is 532 g/mol. The molecule has 4 bridgehead atoms. The molecule has 1 heterocycles. The molecule has 1 N–H and O–H groups in total. The summed E-state index contributed by atoms with van der Waals surface area (Å²) in [4.78, 5) is 29.1. The van der Waals surface area contributed by atoms with Crippen molar-refractivity contribution in [1.29, 1.82) is 0 Å². The molecule has 1 aliphatic heterocycles. The number of hydrogen-bond donors (Lipinski definition) is 1. The molecule has 0 spiro atoms. The van der Waals surface area contributed by atoms with Crippen molar-refractivity contribution in [2.45, 2.75) is 84.2 Å². The first kappa shape index (κ1) is 26.0. The molecule has 5 fully saturated rings. The van der Waals surface area contributed by atoms with Crippen molar-refractivity contribution in [1.82, 2.24) is 4.90 Å². The number of carbonyl (C=O) groups is 2. The minimum Gasteiger partial charge on any atom is -0.481 e. The van der Waals surface area contributed by atoms with Gasteiger partial charge in [0.15, 0.2) is 6.29 Å². The number of carboxylic acids is 1. The SMILES string of the molecule is C=C(Cl)CN1C[C@H](OCC23C[C@@H]4[C@H](C)CC[C@H]4C4(C=O)CC2C=C(C(C)C)[C@@]34C(=O)O)OC2CCCC21. The maximum atomic E-state index is 13.6. The molecule has 4 saturated carbocycles. The third-order valence-corrected chi connectivity index (χ3v) is 11.7. The number of ether oxygens (including phenoxy) is 2. The summed E-state index contributed by atoms with van der Waals surface area (Å²) < 4.78 is 13.1. The van der Waals surface area contributed by atoms with Crippen molar-refractivity contribution in [3.8, 4) is 0 Å². The monoisotopic (exact) mass is 531 g/mol. The van der Waals surface area contributed by atoms with Gasteiger partial charge in [0, 0.05) is 23.0 Å². The van der Waals surface area contributed by atoms with Crippen molar-refractivity contribution in [3.05, 3.63) is 23.3 Å². The van der Waals surface area contributed by atoms with Crippen LogP contribution in [0.25, 0.3) is 0 Å². The second kappa shape index (κ2) is 8.90. The normalized spacial score (nSPS) is 48.1. The molecule has 10 atom stereocenters. The first-order chi connectivity index (χ1) is 17.6. The number of carbonyl (C=O) groups excluding carboxylic acids is 1. The zero-order valence-corrected chi connectivity index (χ0v) is 23.2. The van der Waals surface area contributed by atoms with E-state index in [-0.39, 0.29) is 23.9 Å². The first-order valence-corrected chi connectivity index (χ1v) is 14.8. The van der Waals surface area contributed by atoms with Crippen molar-refractivity contribution in [3.63, 3.8) is 0 Å². The van der Waals surface area contributed by atoms with Crippen molar-refractivity contribution < 1.29 is 24.2 Å². The second-order valence-electron chi connectivity index (χ2n) is 13.3. The summed E-state index contributed by atoms with van der Waals surface area (Å²) in [5.74, 6) is 0.240. The minimum absolute atomic E-state index is 0.0329. The highest BCUT2D eigenvalue weighted by Crippen LogP contribution is 2.82. The number of hydrogen-bond acceptors (Lipinski definition) is 5. The van der Waals surface area contributed by atoms with Gasteiger partial charge in [0.25, 0.3) is 0 Å². The number of morpholine rings is 1. The fourth-order valence-corrected chi connectivity index (χ4v) is 10.6. The Labute approximate surface area is 225 Å². The lowest BCUT2D eigenvalue weighted by Gasteiger charge is -2.58. The maximum absolute atomic E-state index is 13.6. The van der Waals surface area contributed by atoms with Crippen molar-refractivity contribution in [2.24, 2.45) is 45.8 Å². The fraction of sp³-hybridized carbons (Fsp3) is 0.800. The Bertz CT molecular complexity index is 1030. The van der Waals surface area contributed by atoms with Gasteiger partial charge in [0.1, 0.15) is 11.7 Å².